The van der Waals surface area contributed by atoms with Gasteiger partial charge in [-0.2, -0.15) is 0 Å². The second-order valence-electron chi connectivity index (χ2n) is 1.95. The van der Waals surface area contributed by atoms with Crippen molar-refractivity contribution in [3.8, 4) is 0 Å². The molecule has 0 amide bonds. The maximum atomic E-state index is 11.6. The van der Waals surface area contributed by atoms with Gasteiger partial charge in [0.2, 0.25) is 4.38 Å². The van der Waals surface area contributed by atoms with Crippen LogP contribution in [0.2, 0.25) is 0 Å². The number of hydrogen-bond donors (Lipinski definition) is 0. The van der Waals surface area contributed by atoms with Crippen LogP contribution in [-0.2, 0) is 4.74 Å². The summed E-state index contributed by atoms with van der Waals surface area (Å²) in [6.07, 6.45) is 0.0969. The Labute approximate surface area is 70.3 Å². The van der Waals surface area contributed by atoms with Crippen molar-refractivity contribution in [2.75, 3.05) is 12.4 Å². The highest BCUT2D eigenvalue weighted by molar-refractivity contribution is 8.22. The molecule has 10 heavy (non-hydrogen) atoms. The van der Waals surface area contributed by atoms with Crippen molar-refractivity contribution in [3.05, 3.63) is 0 Å². The van der Waals surface area contributed by atoms with Gasteiger partial charge in [-0.3, -0.25) is 4.39 Å². The predicted octanol–water partition coefficient (Wildman–Crippen LogP) is 2.40. The molecule has 0 bridgehead atoms. The zero-order chi connectivity index (χ0) is 7.98. The topological polar surface area (TPSA) is 9.23 Å². The minimum absolute atomic E-state index is 0.0969. The van der Waals surface area contributed by atoms with E-state index in [1.807, 2.05) is 13.8 Å². The first-order chi connectivity index (χ1) is 4.66. The summed E-state index contributed by atoms with van der Waals surface area (Å²) in [5.41, 5.74) is 0. The molecule has 0 aliphatic carbocycles. The van der Waals surface area contributed by atoms with Crippen molar-refractivity contribution in [3.63, 3.8) is 0 Å². The van der Waals surface area contributed by atoms with Crippen LogP contribution in [0.5, 0.6) is 0 Å². The minimum Gasteiger partial charge on any atom is -0.476 e. The lowest BCUT2D eigenvalue weighted by Gasteiger charge is -2.08. The van der Waals surface area contributed by atoms with Gasteiger partial charge in [-0.1, -0.05) is 11.8 Å². The zero-order valence-electron chi connectivity index (χ0n) is 6.09. The molecule has 0 radical (unpaired) electrons. The third kappa shape index (κ3) is 6.29. The molecule has 0 aromatic rings. The van der Waals surface area contributed by atoms with Crippen molar-refractivity contribution in [1.82, 2.24) is 0 Å². The molecule has 0 spiro atoms. The first-order valence-corrected chi connectivity index (χ1v) is 4.45. The third-order valence-corrected chi connectivity index (χ3v) is 1.77. The molecule has 0 heterocycles. The van der Waals surface area contributed by atoms with Crippen LogP contribution < -0.4 is 0 Å². The Morgan fingerprint density at radius 1 is 1.70 bits per heavy atom. The molecule has 0 aliphatic rings. The van der Waals surface area contributed by atoms with E-state index in [-0.39, 0.29) is 12.8 Å². The lowest BCUT2D eigenvalue weighted by Crippen LogP contribution is -2.06. The van der Waals surface area contributed by atoms with Gasteiger partial charge in [-0.05, 0) is 26.1 Å². The van der Waals surface area contributed by atoms with E-state index < -0.39 is 0 Å². The van der Waals surface area contributed by atoms with E-state index in [0.717, 1.165) is 0 Å². The Morgan fingerprint density at radius 2 is 2.30 bits per heavy atom. The molecule has 0 saturated carbocycles. The summed E-state index contributed by atoms with van der Waals surface area (Å²) < 4.78 is 17.1. The van der Waals surface area contributed by atoms with Crippen molar-refractivity contribution in [1.29, 1.82) is 0 Å². The van der Waals surface area contributed by atoms with Crippen LogP contribution in [-0.4, -0.2) is 22.9 Å². The smallest absolute Gasteiger partial charge is 0.220 e. The SMILES string of the molecule is CC(C)OC(=S)SCCF. The second kappa shape index (κ2) is 5.92. The van der Waals surface area contributed by atoms with Crippen LogP contribution >= 0.6 is 24.0 Å². The largest absolute Gasteiger partial charge is 0.476 e. The molecule has 0 atom stereocenters. The standard InChI is InChI=1S/C6H11FOS2/c1-5(2)8-6(9)10-4-3-7/h5H,3-4H2,1-2H3. The molecule has 0 aliphatic heterocycles. The van der Waals surface area contributed by atoms with Crippen molar-refractivity contribution in [2.45, 2.75) is 20.0 Å². The molecule has 0 fully saturated rings. The van der Waals surface area contributed by atoms with E-state index in [1.54, 1.807) is 0 Å². The average Bonchev–Trinajstić information content (AvgIpc) is 1.82. The molecule has 0 rings (SSSR count). The number of hydrogen-bond acceptors (Lipinski definition) is 3. The monoisotopic (exact) mass is 182 g/mol. The molecule has 0 unspecified atom stereocenters. The van der Waals surface area contributed by atoms with Crippen LogP contribution in [0.25, 0.3) is 0 Å². The van der Waals surface area contributed by atoms with Crippen LogP contribution in [0.3, 0.4) is 0 Å². The summed E-state index contributed by atoms with van der Waals surface area (Å²) in [6.45, 7) is 3.43. The van der Waals surface area contributed by atoms with Crippen LogP contribution in [0.1, 0.15) is 13.8 Å². The quantitative estimate of drug-likeness (QED) is 0.620. The molecule has 4 heteroatoms. The van der Waals surface area contributed by atoms with Gasteiger partial charge < -0.3 is 4.74 Å². The van der Waals surface area contributed by atoms with Gasteiger partial charge in [0.25, 0.3) is 0 Å². The van der Waals surface area contributed by atoms with Gasteiger partial charge in [0.15, 0.2) is 0 Å². The van der Waals surface area contributed by atoms with E-state index in [1.165, 1.54) is 11.8 Å². The number of ether oxygens (including phenoxy) is 1. The lowest BCUT2D eigenvalue weighted by atomic mass is 10.5. The van der Waals surface area contributed by atoms with Crippen LogP contribution in [0.4, 0.5) is 4.39 Å². The Morgan fingerprint density at radius 3 is 2.70 bits per heavy atom. The molecule has 0 saturated heterocycles. The van der Waals surface area contributed by atoms with Crippen molar-refractivity contribution >= 4 is 28.4 Å². The van der Waals surface area contributed by atoms with E-state index in [4.69, 9.17) is 17.0 Å². The van der Waals surface area contributed by atoms with Crippen molar-refractivity contribution in [2.24, 2.45) is 0 Å². The number of halogens is 1. The summed E-state index contributed by atoms with van der Waals surface area (Å²) in [7, 11) is 0. The maximum Gasteiger partial charge on any atom is 0.220 e. The number of thiocarbonyl (C=S) groups is 1. The summed E-state index contributed by atoms with van der Waals surface area (Å²) in [6, 6.07) is 0. The van der Waals surface area contributed by atoms with E-state index in [9.17, 15) is 4.39 Å². The van der Waals surface area contributed by atoms with Gasteiger partial charge in [0.05, 0.1) is 12.8 Å². The van der Waals surface area contributed by atoms with E-state index >= 15 is 0 Å². The van der Waals surface area contributed by atoms with Gasteiger partial charge in [0.1, 0.15) is 0 Å². The van der Waals surface area contributed by atoms with Gasteiger partial charge in [-0.15, -0.1) is 0 Å². The Bertz CT molecular complexity index is 106. The van der Waals surface area contributed by atoms with Crippen molar-refractivity contribution < 1.29 is 9.13 Å². The Balaban J connectivity index is 3.26. The lowest BCUT2D eigenvalue weighted by molar-refractivity contribution is 0.243. The first-order valence-electron chi connectivity index (χ1n) is 3.06. The molecular weight excluding hydrogens is 171 g/mol. The molecule has 60 valence electrons. The number of alkyl halides is 1. The highest BCUT2D eigenvalue weighted by Crippen LogP contribution is 2.07. The summed E-state index contributed by atoms with van der Waals surface area (Å²) in [5, 5.41) is 0. The van der Waals surface area contributed by atoms with E-state index in [0.29, 0.717) is 10.1 Å². The summed E-state index contributed by atoms with van der Waals surface area (Å²) >= 11 is 6.01. The van der Waals surface area contributed by atoms with Gasteiger partial charge in [0, 0.05) is 5.75 Å². The molecular formula is C6H11FOS2. The Hall–Kier alpha value is 0.170. The highest BCUT2D eigenvalue weighted by Gasteiger charge is 1.99. The van der Waals surface area contributed by atoms with Gasteiger partial charge >= 0.3 is 0 Å². The van der Waals surface area contributed by atoms with E-state index in [2.05, 4.69) is 0 Å². The zero-order valence-corrected chi connectivity index (χ0v) is 7.73. The molecule has 1 nitrogen and oxygen atoms in total. The summed E-state index contributed by atoms with van der Waals surface area (Å²) in [4.78, 5) is 0. The van der Waals surface area contributed by atoms with Crippen LogP contribution in [0, 0.1) is 0 Å². The fourth-order valence-corrected chi connectivity index (χ4v) is 1.30. The maximum absolute atomic E-state index is 11.6. The minimum atomic E-state index is -0.355. The van der Waals surface area contributed by atoms with Crippen LogP contribution in [0.15, 0.2) is 0 Å². The molecule has 0 aromatic heterocycles. The summed E-state index contributed by atoms with van der Waals surface area (Å²) in [5.74, 6) is 0.394. The molecule has 0 aromatic carbocycles. The molecule has 0 N–H and O–H groups in total. The predicted molar refractivity (Wildman–Crippen MR) is 47.3 cm³/mol. The fourth-order valence-electron chi connectivity index (χ4n) is 0.348. The first kappa shape index (κ1) is 10.2. The Kier molecular flexibility index (Phi) is 6.02. The number of thioether (sulfide) groups is 1. The highest BCUT2D eigenvalue weighted by atomic mass is 32.2. The third-order valence-electron chi connectivity index (χ3n) is 0.629. The number of rotatable bonds is 3. The normalized spacial score (nSPS) is 10.0. The van der Waals surface area contributed by atoms with Gasteiger partial charge in [-0.25, -0.2) is 0 Å². The average molecular weight is 182 g/mol. The second-order valence-corrected chi connectivity index (χ2v) is 3.65. The fraction of sp³-hybridized carbons (Fsp3) is 0.833.